The van der Waals surface area contributed by atoms with Crippen molar-refractivity contribution in [3.8, 4) is 23.1 Å². The summed E-state index contributed by atoms with van der Waals surface area (Å²) in [7, 11) is 3.04. The highest BCUT2D eigenvalue weighted by Crippen LogP contribution is 2.56. The minimum atomic E-state index is -0.411. The molecule has 1 fully saturated rings. The van der Waals surface area contributed by atoms with Crippen LogP contribution in [-0.2, 0) is 0 Å². The second kappa shape index (κ2) is 7.21. The van der Waals surface area contributed by atoms with Crippen molar-refractivity contribution >= 4 is 17.2 Å². The van der Waals surface area contributed by atoms with Crippen LogP contribution >= 0.6 is 11.6 Å². The molecule has 2 atom stereocenters. The predicted octanol–water partition coefficient (Wildman–Crippen LogP) is 4.27. The van der Waals surface area contributed by atoms with Crippen molar-refractivity contribution < 1.29 is 13.9 Å². The molecule has 1 saturated carbocycles. The van der Waals surface area contributed by atoms with E-state index in [9.17, 15) is 4.39 Å². The molecule has 0 N–H and O–H groups in total. The summed E-state index contributed by atoms with van der Waals surface area (Å²) in [6.07, 6.45) is 6.06. The van der Waals surface area contributed by atoms with E-state index in [0.717, 1.165) is 23.2 Å². The molecular formula is C21H17ClFN5O2. The Labute approximate surface area is 176 Å². The zero-order valence-electron chi connectivity index (χ0n) is 16.2. The highest BCUT2D eigenvalue weighted by atomic mass is 35.5. The summed E-state index contributed by atoms with van der Waals surface area (Å²) < 4.78 is 25.8. The summed E-state index contributed by atoms with van der Waals surface area (Å²) in [5.74, 6) is 0.430. The van der Waals surface area contributed by atoms with E-state index >= 15 is 0 Å². The van der Waals surface area contributed by atoms with Crippen LogP contribution in [0.5, 0.6) is 11.9 Å². The number of halogens is 2. The number of rotatable bonds is 5. The molecule has 0 aliphatic heterocycles. The average molecular weight is 426 g/mol. The molecule has 1 aromatic carbocycles. The highest BCUT2D eigenvalue weighted by Gasteiger charge is 2.41. The molecule has 152 valence electrons. The van der Waals surface area contributed by atoms with Gasteiger partial charge < -0.3 is 9.47 Å². The molecule has 2 unspecified atom stereocenters. The Kier molecular flexibility index (Phi) is 4.51. The summed E-state index contributed by atoms with van der Waals surface area (Å²) in [5, 5.41) is 4.79. The summed E-state index contributed by atoms with van der Waals surface area (Å²) >= 11 is 5.98. The van der Waals surface area contributed by atoms with Gasteiger partial charge in [0.15, 0.2) is 5.65 Å². The number of nitrogens with zero attached hydrogens (tertiary/aromatic N) is 5. The number of hydrogen-bond donors (Lipinski definition) is 0. The van der Waals surface area contributed by atoms with Crippen LogP contribution in [0.2, 0.25) is 5.02 Å². The van der Waals surface area contributed by atoms with Gasteiger partial charge >= 0.3 is 6.01 Å². The molecule has 4 aromatic rings. The molecule has 0 radical (unpaired) electrons. The Morgan fingerprint density at radius 1 is 1.13 bits per heavy atom. The van der Waals surface area contributed by atoms with E-state index in [1.807, 2.05) is 6.07 Å². The van der Waals surface area contributed by atoms with E-state index in [0.29, 0.717) is 17.1 Å². The maximum atomic E-state index is 13.5. The normalized spacial score (nSPS) is 17.9. The molecule has 0 amide bonds. The number of fused-ring (bicyclic) bond motifs is 1. The largest absolute Gasteiger partial charge is 0.480 e. The Morgan fingerprint density at radius 3 is 2.77 bits per heavy atom. The molecule has 0 spiro atoms. The van der Waals surface area contributed by atoms with Crippen molar-refractivity contribution in [2.24, 2.45) is 0 Å². The fourth-order valence-electron chi connectivity index (χ4n) is 3.78. The fraction of sp³-hybridized carbons (Fsp3) is 0.238. The van der Waals surface area contributed by atoms with Crippen LogP contribution in [0.15, 0.2) is 42.9 Å². The van der Waals surface area contributed by atoms with Crippen LogP contribution in [-0.4, -0.2) is 38.8 Å². The lowest BCUT2D eigenvalue weighted by Gasteiger charge is -2.11. The number of methoxy groups -OCH3 is 2. The Bertz CT molecular complexity index is 1260. The van der Waals surface area contributed by atoms with E-state index in [1.165, 1.54) is 20.3 Å². The van der Waals surface area contributed by atoms with Gasteiger partial charge in [0, 0.05) is 24.2 Å². The van der Waals surface area contributed by atoms with Gasteiger partial charge in [0.25, 0.3) is 0 Å². The SMILES string of the molecule is COc1ncc(-c2cc(C3CC3c3ccc(F)c(Cl)c3)c3nccn3n2)c(OC)n1. The summed E-state index contributed by atoms with van der Waals surface area (Å²) in [6, 6.07) is 7.11. The lowest BCUT2D eigenvalue weighted by Crippen LogP contribution is -2.02. The predicted molar refractivity (Wildman–Crippen MR) is 109 cm³/mol. The number of aromatic nitrogens is 5. The van der Waals surface area contributed by atoms with Crippen molar-refractivity contribution in [1.82, 2.24) is 24.6 Å². The van der Waals surface area contributed by atoms with Crippen LogP contribution < -0.4 is 9.47 Å². The van der Waals surface area contributed by atoms with Gasteiger partial charge in [0.2, 0.25) is 5.88 Å². The van der Waals surface area contributed by atoms with Crippen molar-refractivity contribution in [1.29, 1.82) is 0 Å². The van der Waals surface area contributed by atoms with Gasteiger partial charge in [-0.1, -0.05) is 17.7 Å². The van der Waals surface area contributed by atoms with Crippen molar-refractivity contribution in [2.45, 2.75) is 18.3 Å². The monoisotopic (exact) mass is 425 g/mol. The maximum absolute atomic E-state index is 13.5. The van der Waals surface area contributed by atoms with Gasteiger partial charge in [-0.15, -0.1) is 0 Å². The molecule has 5 rings (SSSR count). The Morgan fingerprint density at radius 2 is 2.00 bits per heavy atom. The molecule has 3 aromatic heterocycles. The van der Waals surface area contributed by atoms with Gasteiger partial charge in [0.1, 0.15) is 5.82 Å². The first-order valence-electron chi connectivity index (χ1n) is 9.33. The number of benzene rings is 1. The number of imidazole rings is 1. The van der Waals surface area contributed by atoms with E-state index in [1.54, 1.807) is 35.2 Å². The van der Waals surface area contributed by atoms with Crippen LogP contribution in [0.1, 0.15) is 29.4 Å². The molecule has 3 heterocycles. The van der Waals surface area contributed by atoms with Gasteiger partial charge in [0.05, 0.1) is 30.5 Å². The summed E-state index contributed by atoms with van der Waals surface area (Å²) in [4.78, 5) is 12.9. The minimum Gasteiger partial charge on any atom is -0.480 e. The lowest BCUT2D eigenvalue weighted by molar-refractivity contribution is 0.353. The van der Waals surface area contributed by atoms with Crippen molar-refractivity contribution in [2.75, 3.05) is 14.2 Å². The zero-order valence-corrected chi connectivity index (χ0v) is 17.0. The quantitative estimate of drug-likeness (QED) is 0.475. The van der Waals surface area contributed by atoms with Crippen molar-refractivity contribution in [3.63, 3.8) is 0 Å². The second-order valence-electron chi connectivity index (χ2n) is 7.08. The van der Waals surface area contributed by atoms with E-state index in [4.69, 9.17) is 21.1 Å². The summed E-state index contributed by atoms with van der Waals surface area (Å²) in [6.45, 7) is 0. The lowest BCUT2D eigenvalue weighted by atomic mass is 10.0. The molecule has 0 saturated heterocycles. The second-order valence-corrected chi connectivity index (χ2v) is 7.49. The topological polar surface area (TPSA) is 74.4 Å². The fourth-order valence-corrected chi connectivity index (χ4v) is 3.97. The number of hydrogen-bond acceptors (Lipinski definition) is 6. The van der Waals surface area contributed by atoms with Gasteiger partial charge in [-0.2, -0.15) is 10.1 Å². The first-order valence-corrected chi connectivity index (χ1v) is 9.71. The van der Waals surface area contributed by atoms with Crippen molar-refractivity contribution in [3.05, 3.63) is 64.8 Å². The first kappa shape index (κ1) is 18.7. The number of ether oxygens (including phenoxy) is 2. The minimum absolute atomic E-state index is 0.139. The first-order chi connectivity index (χ1) is 14.6. The van der Waals surface area contributed by atoms with Gasteiger partial charge in [-0.25, -0.2) is 18.9 Å². The molecule has 9 heteroatoms. The van der Waals surface area contributed by atoms with E-state index in [-0.39, 0.29) is 22.9 Å². The van der Waals surface area contributed by atoms with Crippen LogP contribution in [0, 0.1) is 5.82 Å². The molecule has 30 heavy (non-hydrogen) atoms. The molecule has 1 aliphatic rings. The standard InChI is InChI=1S/C21H17ClFN5O2/c1-29-20-15(10-25-21(26-20)30-2)18-9-14(19-24-5-6-28(19)27-18)13-8-12(13)11-3-4-17(23)16(22)7-11/h3-7,9-10,12-13H,8H2,1-2H3. The third kappa shape index (κ3) is 3.13. The van der Waals surface area contributed by atoms with Crippen LogP contribution in [0.3, 0.4) is 0 Å². The summed E-state index contributed by atoms with van der Waals surface area (Å²) in [5.41, 5.74) is 4.16. The highest BCUT2D eigenvalue weighted by molar-refractivity contribution is 6.30. The van der Waals surface area contributed by atoms with E-state index < -0.39 is 5.82 Å². The van der Waals surface area contributed by atoms with Gasteiger partial charge in [-0.3, -0.25) is 0 Å². The zero-order chi connectivity index (χ0) is 20.8. The Balaban J connectivity index is 1.57. The molecular weight excluding hydrogens is 409 g/mol. The molecule has 0 bridgehead atoms. The Hall–Kier alpha value is -3.26. The average Bonchev–Trinajstić information content (AvgIpc) is 3.42. The third-order valence-corrected chi connectivity index (χ3v) is 5.62. The van der Waals surface area contributed by atoms with Crippen LogP contribution in [0.4, 0.5) is 4.39 Å². The smallest absolute Gasteiger partial charge is 0.319 e. The third-order valence-electron chi connectivity index (χ3n) is 5.33. The molecule has 7 nitrogen and oxygen atoms in total. The van der Waals surface area contributed by atoms with Gasteiger partial charge in [-0.05, 0) is 42.0 Å². The van der Waals surface area contributed by atoms with E-state index in [2.05, 4.69) is 20.1 Å². The molecule has 1 aliphatic carbocycles. The van der Waals surface area contributed by atoms with Crippen LogP contribution in [0.25, 0.3) is 16.9 Å². The maximum Gasteiger partial charge on any atom is 0.319 e.